The number of amides is 1. The topological polar surface area (TPSA) is 59.2 Å². The zero-order valence-electron chi connectivity index (χ0n) is 27.2. The van der Waals surface area contributed by atoms with E-state index in [0.717, 1.165) is 55.9 Å². The first-order valence-corrected chi connectivity index (χ1v) is 16.7. The lowest BCUT2D eigenvalue weighted by atomic mass is 9.70. The first kappa shape index (κ1) is 29.3. The van der Waals surface area contributed by atoms with Crippen LogP contribution in [-0.4, -0.2) is 66.8 Å². The highest BCUT2D eigenvalue weighted by Gasteiger charge is 2.44. The SMILES string of the molecule is Cc1cc(C(=O)N2CCC(CCN3[C@@H]4CC[C@H]3C[C@@H](n3c(C)nc5ccccc53)C4)(c3ccccc3)CC2)n(C(C)(C)C)n1. The van der Waals surface area contributed by atoms with E-state index in [1.807, 2.05) is 17.7 Å². The van der Waals surface area contributed by atoms with E-state index < -0.39 is 0 Å². The van der Waals surface area contributed by atoms with Crippen molar-refractivity contribution in [3.8, 4) is 0 Å². The first-order chi connectivity index (χ1) is 21.1. The second kappa shape index (κ2) is 11.2. The van der Waals surface area contributed by atoms with Crippen LogP contribution in [0.4, 0.5) is 0 Å². The van der Waals surface area contributed by atoms with Gasteiger partial charge in [-0.15, -0.1) is 0 Å². The Bertz CT molecular complexity index is 1620. The van der Waals surface area contributed by atoms with Crippen molar-refractivity contribution in [3.63, 3.8) is 0 Å². The number of para-hydroxylation sites is 2. The van der Waals surface area contributed by atoms with Crippen LogP contribution in [0, 0.1) is 13.8 Å². The third-order valence-corrected chi connectivity index (χ3v) is 10.9. The minimum Gasteiger partial charge on any atom is -0.337 e. The molecule has 3 atom stereocenters. The summed E-state index contributed by atoms with van der Waals surface area (Å²) >= 11 is 0. The molecular weight excluding hydrogens is 544 g/mol. The Morgan fingerprint density at radius 3 is 2.25 bits per heavy atom. The monoisotopic (exact) mass is 592 g/mol. The average Bonchev–Trinajstić information content (AvgIpc) is 3.65. The number of rotatable bonds is 6. The number of fused-ring (bicyclic) bond motifs is 3. The van der Waals surface area contributed by atoms with Gasteiger partial charge >= 0.3 is 0 Å². The van der Waals surface area contributed by atoms with Crippen molar-refractivity contribution in [2.75, 3.05) is 19.6 Å². The largest absolute Gasteiger partial charge is 0.337 e. The van der Waals surface area contributed by atoms with Crippen LogP contribution < -0.4 is 0 Å². The molecule has 0 spiro atoms. The van der Waals surface area contributed by atoms with Crippen LogP contribution in [0.3, 0.4) is 0 Å². The van der Waals surface area contributed by atoms with Crippen molar-refractivity contribution in [3.05, 3.63) is 83.4 Å². The van der Waals surface area contributed by atoms with E-state index in [-0.39, 0.29) is 16.9 Å². The molecule has 44 heavy (non-hydrogen) atoms. The van der Waals surface area contributed by atoms with E-state index in [4.69, 9.17) is 4.98 Å². The summed E-state index contributed by atoms with van der Waals surface area (Å²) in [7, 11) is 0. The van der Waals surface area contributed by atoms with Crippen LogP contribution in [-0.2, 0) is 11.0 Å². The number of imidazole rings is 1. The van der Waals surface area contributed by atoms with Gasteiger partial charge in [0.15, 0.2) is 0 Å². The van der Waals surface area contributed by atoms with Crippen molar-refractivity contribution in [1.29, 1.82) is 0 Å². The molecular formula is C37H48N6O. The summed E-state index contributed by atoms with van der Waals surface area (Å²) in [5, 5.41) is 4.68. The molecule has 5 heterocycles. The quantitative estimate of drug-likeness (QED) is 0.241. The number of aromatic nitrogens is 4. The van der Waals surface area contributed by atoms with Crippen molar-refractivity contribution in [2.24, 2.45) is 0 Å². The van der Waals surface area contributed by atoms with Gasteiger partial charge in [0.2, 0.25) is 0 Å². The van der Waals surface area contributed by atoms with Gasteiger partial charge in [0.25, 0.3) is 5.91 Å². The molecule has 0 saturated carbocycles. The molecule has 0 N–H and O–H groups in total. The number of hydrogen-bond donors (Lipinski definition) is 0. The van der Waals surface area contributed by atoms with Crippen molar-refractivity contribution < 1.29 is 4.79 Å². The van der Waals surface area contributed by atoms with Crippen LogP contribution >= 0.6 is 0 Å². The zero-order valence-corrected chi connectivity index (χ0v) is 27.2. The Kier molecular flexibility index (Phi) is 7.43. The molecule has 3 fully saturated rings. The Labute approximate surface area is 262 Å². The number of benzene rings is 2. The van der Waals surface area contributed by atoms with Gasteiger partial charge in [-0.25, -0.2) is 4.98 Å². The van der Waals surface area contributed by atoms with Crippen molar-refractivity contribution >= 4 is 16.9 Å². The van der Waals surface area contributed by atoms with Crippen LogP contribution in [0.25, 0.3) is 11.0 Å². The Balaban J connectivity index is 1.07. The maximum absolute atomic E-state index is 13.8. The number of aryl methyl sites for hydroxylation is 2. The molecule has 7 heteroatoms. The van der Waals surface area contributed by atoms with Crippen molar-refractivity contribution in [2.45, 2.75) is 109 Å². The molecule has 3 aliphatic heterocycles. The lowest BCUT2D eigenvalue weighted by molar-refractivity contribution is 0.0590. The molecule has 0 radical (unpaired) electrons. The molecule has 0 aliphatic carbocycles. The lowest BCUT2D eigenvalue weighted by Gasteiger charge is -2.45. The van der Waals surface area contributed by atoms with Crippen LogP contribution in [0.2, 0.25) is 0 Å². The summed E-state index contributed by atoms with van der Waals surface area (Å²) in [5.41, 5.74) is 5.30. The van der Waals surface area contributed by atoms with Crippen LogP contribution in [0.15, 0.2) is 60.7 Å². The Hall–Kier alpha value is -3.45. The van der Waals surface area contributed by atoms with E-state index in [9.17, 15) is 4.79 Å². The summed E-state index contributed by atoms with van der Waals surface area (Å²) in [6.45, 7) is 13.2. The molecule has 4 aromatic rings. The summed E-state index contributed by atoms with van der Waals surface area (Å²) < 4.78 is 4.44. The van der Waals surface area contributed by atoms with E-state index in [1.165, 1.54) is 36.8 Å². The zero-order chi connectivity index (χ0) is 30.6. The van der Waals surface area contributed by atoms with E-state index in [1.54, 1.807) is 0 Å². The molecule has 7 nitrogen and oxygen atoms in total. The third-order valence-electron chi connectivity index (χ3n) is 10.9. The highest BCUT2D eigenvalue weighted by molar-refractivity contribution is 5.93. The van der Waals surface area contributed by atoms with Gasteiger partial charge in [-0.2, -0.15) is 5.10 Å². The second-order valence-electron chi connectivity index (χ2n) is 14.7. The highest BCUT2D eigenvalue weighted by atomic mass is 16.2. The van der Waals surface area contributed by atoms with Gasteiger partial charge in [0, 0.05) is 31.2 Å². The van der Waals surface area contributed by atoms with Crippen molar-refractivity contribution in [1.82, 2.24) is 29.1 Å². The molecule has 232 valence electrons. The third kappa shape index (κ3) is 5.17. The van der Waals surface area contributed by atoms with E-state index in [2.05, 4.69) is 102 Å². The molecule has 2 aromatic heterocycles. The molecule has 3 saturated heterocycles. The average molecular weight is 593 g/mol. The van der Waals surface area contributed by atoms with Gasteiger partial charge in [-0.1, -0.05) is 42.5 Å². The standard InChI is InChI=1S/C37H48N6O/c1-26-23-34(43(39-26)36(3,4)5)35(44)40-20-17-37(18-21-40,28-11-7-6-8-12-28)19-22-41-29-15-16-30(41)25-31(24-29)42-27(2)38-32-13-9-10-14-33(32)42/h6-14,23,29-31H,15-22,24-25H2,1-5H3/t29-,30+,31+. The fraction of sp³-hybridized carbons (Fsp3) is 0.541. The smallest absolute Gasteiger partial charge is 0.272 e. The molecule has 2 aromatic carbocycles. The molecule has 7 rings (SSSR count). The summed E-state index contributed by atoms with van der Waals surface area (Å²) in [6, 6.07) is 23.5. The number of carbonyl (C=O) groups is 1. The summed E-state index contributed by atoms with van der Waals surface area (Å²) in [4.78, 5) is 23.6. The molecule has 2 bridgehead atoms. The summed E-state index contributed by atoms with van der Waals surface area (Å²) in [5.74, 6) is 1.26. The van der Waals surface area contributed by atoms with E-state index in [0.29, 0.717) is 23.8 Å². The van der Waals surface area contributed by atoms with Crippen LogP contribution in [0.1, 0.15) is 99.3 Å². The van der Waals surface area contributed by atoms with Gasteiger partial charge in [-0.05, 0) is 115 Å². The summed E-state index contributed by atoms with van der Waals surface area (Å²) in [6.07, 6.45) is 8.15. The fourth-order valence-electron chi connectivity index (χ4n) is 8.73. The van der Waals surface area contributed by atoms with Gasteiger partial charge < -0.3 is 9.47 Å². The number of hydrogen-bond acceptors (Lipinski definition) is 4. The fourth-order valence-corrected chi connectivity index (χ4v) is 8.73. The number of nitrogens with zero attached hydrogens (tertiary/aromatic N) is 6. The lowest BCUT2D eigenvalue weighted by Crippen LogP contribution is -2.49. The Morgan fingerprint density at radius 2 is 1.57 bits per heavy atom. The maximum Gasteiger partial charge on any atom is 0.272 e. The molecule has 3 aliphatic rings. The number of carbonyl (C=O) groups excluding carboxylic acids is 1. The number of likely N-dealkylation sites (tertiary alicyclic amines) is 1. The van der Waals surface area contributed by atoms with Crippen LogP contribution in [0.5, 0.6) is 0 Å². The molecule has 0 unspecified atom stereocenters. The Morgan fingerprint density at radius 1 is 0.909 bits per heavy atom. The van der Waals surface area contributed by atoms with Gasteiger partial charge in [-0.3, -0.25) is 14.4 Å². The number of piperidine rings is 2. The predicted molar refractivity (Wildman–Crippen MR) is 176 cm³/mol. The second-order valence-corrected chi connectivity index (χ2v) is 14.7. The maximum atomic E-state index is 13.8. The minimum atomic E-state index is -0.237. The minimum absolute atomic E-state index is 0.0889. The van der Waals surface area contributed by atoms with Gasteiger partial charge in [0.1, 0.15) is 11.5 Å². The molecule has 1 amide bonds. The predicted octanol–water partition coefficient (Wildman–Crippen LogP) is 7.04. The first-order valence-electron chi connectivity index (χ1n) is 16.7. The normalized spacial score (nSPS) is 23.8. The van der Waals surface area contributed by atoms with E-state index >= 15 is 0 Å². The highest BCUT2D eigenvalue weighted by Crippen LogP contribution is 2.45. The van der Waals surface area contributed by atoms with Gasteiger partial charge in [0.05, 0.1) is 22.3 Å².